The lowest BCUT2D eigenvalue weighted by atomic mass is 10.0. The monoisotopic (exact) mass is 336 g/mol. The van der Waals surface area contributed by atoms with Crippen molar-refractivity contribution in [1.82, 2.24) is 0 Å². The average molecular weight is 336 g/mol. The Morgan fingerprint density at radius 3 is 1.80 bits per heavy atom. The molecule has 0 aromatic heterocycles. The Hall–Kier alpha value is -0.490. The van der Waals surface area contributed by atoms with Crippen LogP contribution >= 0.6 is 22.6 Å². The number of hydrogen-bond acceptors (Lipinski definition) is 6. The van der Waals surface area contributed by atoms with Crippen LogP contribution in [0.1, 0.15) is 0 Å². The number of hydrogen-bond donors (Lipinski definition) is 6. The van der Waals surface area contributed by atoms with Crippen molar-refractivity contribution in [3.63, 3.8) is 0 Å². The highest BCUT2D eigenvalue weighted by atomic mass is 127. The molecule has 15 heavy (non-hydrogen) atoms. The van der Waals surface area contributed by atoms with Crippen LogP contribution in [0, 0.1) is 0 Å². The molecule has 0 aliphatic rings. The number of aliphatic hydroxyl groups excluding tert-OH is 3. The summed E-state index contributed by atoms with van der Waals surface area (Å²) in [4.78, 5) is 20.6. The van der Waals surface area contributed by atoms with Gasteiger partial charge in [0, 0.05) is 0 Å². The van der Waals surface area contributed by atoms with Gasteiger partial charge in [0.05, 0.1) is 0 Å². The lowest BCUT2D eigenvalue weighted by Crippen LogP contribution is -2.55. The van der Waals surface area contributed by atoms with Gasteiger partial charge in [-0.25, -0.2) is 9.59 Å². The van der Waals surface area contributed by atoms with Crippen LogP contribution in [0.5, 0.6) is 0 Å². The molecule has 0 aromatic carbocycles. The molecule has 0 unspecified atom stereocenters. The van der Waals surface area contributed by atoms with Crippen molar-refractivity contribution in [2.75, 3.05) is 0 Å². The van der Waals surface area contributed by atoms with Crippen LogP contribution in [-0.2, 0) is 9.59 Å². The molecule has 0 saturated carbocycles. The highest BCUT2D eigenvalue weighted by Gasteiger charge is 2.48. The molecule has 0 aliphatic heterocycles. The van der Waals surface area contributed by atoms with Crippen LogP contribution in [0.25, 0.3) is 0 Å². The Morgan fingerprint density at radius 2 is 1.53 bits per heavy atom. The Bertz CT molecular complexity index is 264. The number of alkyl halides is 1. The summed E-state index contributed by atoms with van der Waals surface area (Å²) >= 11 is 0.906. The fraction of sp³-hybridized carbons (Fsp3) is 0.667. The molecule has 0 heterocycles. The number of carboxylic acids is 2. The number of rotatable bonds is 5. The Kier molecular flexibility index (Phi) is 4.86. The first kappa shape index (κ1) is 14.5. The normalized spacial score (nSPS) is 21.1. The van der Waals surface area contributed by atoms with E-state index in [1.807, 2.05) is 0 Å². The van der Waals surface area contributed by atoms with Crippen LogP contribution in [0.4, 0.5) is 0 Å². The quantitative estimate of drug-likeness (QED) is 0.235. The van der Waals surface area contributed by atoms with Crippen LogP contribution in [-0.4, -0.2) is 64.5 Å². The van der Waals surface area contributed by atoms with Crippen molar-refractivity contribution in [3.8, 4) is 0 Å². The van der Waals surface area contributed by atoms with Crippen molar-refractivity contribution in [2.45, 2.75) is 21.9 Å². The third-order valence-electron chi connectivity index (χ3n) is 1.59. The highest BCUT2D eigenvalue weighted by Crippen LogP contribution is 2.23. The maximum absolute atomic E-state index is 10.4. The summed E-state index contributed by atoms with van der Waals surface area (Å²) in [6, 6.07) is 0. The third kappa shape index (κ3) is 3.24. The van der Waals surface area contributed by atoms with Crippen molar-refractivity contribution in [1.29, 1.82) is 0 Å². The first-order valence-corrected chi connectivity index (χ1v) is 4.62. The van der Waals surface area contributed by atoms with Crippen molar-refractivity contribution in [2.24, 2.45) is 0 Å². The van der Waals surface area contributed by atoms with E-state index >= 15 is 0 Å². The lowest BCUT2D eigenvalue weighted by molar-refractivity contribution is -0.175. The van der Waals surface area contributed by atoms with Gasteiger partial charge < -0.3 is 30.6 Å². The van der Waals surface area contributed by atoms with Crippen molar-refractivity contribution >= 4 is 34.5 Å². The van der Waals surface area contributed by atoms with Gasteiger partial charge in [0.25, 0.3) is 0 Å². The summed E-state index contributed by atoms with van der Waals surface area (Å²) in [5.74, 6) is -3.72. The van der Waals surface area contributed by atoms with Gasteiger partial charge >= 0.3 is 11.9 Å². The SMILES string of the molecule is O=C(O)[C@@H](O)[C@@H](O)[C@H](O)[C@](O)(I)C(=O)O. The molecule has 8 nitrogen and oxygen atoms in total. The summed E-state index contributed by atoms with van der Waals surface area (Å²) < 4.78 is -2.78. The third-order valence-corrected chi connectivity index (χ3v) is 2.69. The van der Waals surface area contributed by atoms with E-state index in [2.05, 4.69) is 0 Å². The highest BCUT2D eigenvalue weighted by molar-refractivity contribution is 14.1. The smallest absolute Gasteiger partial charge is 0.349 e. The van der Waals surface area contributed by atoms with E-state index in [4.69, 9.17) is 30.6 Å². The van der Waals surface area contributed by atoms with E-state index in [1.54, 1.807) is 0 Å². The average Bonchev–Trinajstić information content (AvgIpc) is 2.13. The fourth-order valence-corrected chi connectivity index (χ4v) is 1.04. The maximum atomic E-state index is 10.4. The summed E-state index contributed by atoms with van der Waals surface area (Å²) in [6.45, 7) is 0. The minimum Gasteiger partial charge on any atom is -0.479 e. The molecule has 9 heteroatoms. The lowest BCUT2D eigenvalue weighted by Gasteiger charge is -2.27. The van der Waals surface area contributed by atoms with Crippen LogP contribution in [0.3, 0.4) is 0 Å². The van der Waals surface area contributed by atoms with Gasteiger partial charge in [-0.2, -0.15) is 0 Å². The zero-order chi connectivity index (χ0) is 12.4. The van der Waals surface area contributed by atoms with Gasteiger partial charge in [-0.15, -0.1) is 0 Å². The number of carbonyl (C=O) groups is 2. The molecule has 88 valence electrons. The van der Waals surface area contributed by atoms with Gasteiger partial charge in [-0.05, 0) is 22.6 Å². The van der Waals surface area contributed by atoms with E-state index in [1.165, 1.54) is 0 Å². The number of carboxylic acid groups (broad SMARTS) is 2. The summed E-state index contributed by atoms with van der Waals surface area (Å²) in [5, 5.41) is 52.8. The van der Waals surface area contributed by atoms with Crippen molar-refractivity contribution < 1.29 is 40.2 Å². The molecule has 0 fully saturated rings. The molecule has 0 aromatic rings. The topological polar surface area (TPSA) is 156 Å². The van der Waals surface area contributed by atoms with Gasteiger partial charge in [-0.1, -0.05) is 0 Å². The predicted molar refractivity (Wildman–Crippen MR) is 52.3 cm³/mol. The van der Waals surface area contributed by atoms with Crippen LogP contribution < -0.4 is 0 Å². The summed E-state index contributed by atoms with van der Waals surface area (Å²) in [5.41, 5.74) is 0. The first-order chi connectivity index (χ1) is 6.62. The molecule has 0 bridgehead atoms. The second-order valence-corrected chi connectivity index (χ2v) is 4.34. The van der Waals surface area contributed by atoms with E-state index in [9.17, 15) is 9.59 Å². The Labute approximate surface area is 96.9 Å². The molecule has 0 radical (unpaired) electrons. The number of halogens is 1. The standard InChI is InChI=1S/C6H9IO8/c7-6(15,5(13)14)3(10)1(8)2(9)4(11)12/h1-3,8-10,15H,(H,11,12)(H,13,14)/t1-,2+,3+,6-/m1/s1. The van der Waals surface area contributed by atoms with Gasteiger partial charge in [0.1, 0.15) is 12.2 Å². The molecule has 4 atom stereocenters. The van der Waals surface area contributed by atoms with Gasteiger partial charge in [0.15, 0.2) is 6.10 Å². The molecule has 0 aliphatic carbocycles. The maximum Gasteiger partial charge on any atom is 0.349 e. The van der Waals surface area contributed by atoms with E-state index in [0.717, 1.165) is 22.6 Å². The second-order valence-electron chi connectivity index (χ2n) is 2.70. The molecular weight excluding hydrogens is 327 g/mol. The largest absolute Gasteiger partial charge is 0.479 e. The van der Waals surface area contributed by atoms with Crippen LogP contribution in [0.15, 0.2) is 0 Å². The summed E-state index contributed by atoms with van der Waals surface area (Å²) in [6.07, 6.45) is -7.05. The van der Waals surface area contributed by atoms with E-state index in [0.29, 0.717) is 0 Å². The van der Waals surface area contributed by atoms with E-state index in [-0.39, 0.29) is 0 Å². The molecule has 0 saturated heterocycles. The predicted octanol–water partition coefficient (Wildman–Crippen LogP) is -2.64. The molecule has 0 spiro atoms. The number of aliphatic carboxylic acids is 2. The Balaban J connectivity index is 4.78. The minimum atomic E-state index is -2.78. The van der Waals surface area contributed by atoms with Crippen LogP contribution in [0.2, 0.25) is 0 Å². The van der Waals surface area contributed by atoms with Crippen molar-refractivity contribution in [3.05, 3.63) is 0 Å². The molecular formula is C6H9IO8. The zero-order valence-electron chi connectivity index (χ0n) is 7.11. The molecule has 0 rings (SSSR count). The van der Waals surface area contributed by atoms with E-state index < -0.39 is 33.9 Å². The molecule has 6 N–H and O–H groups in total. The second kappa shape index (κ2) is 5.03. The minimum absolute atomic E-state index is 0.906. The zero-order valence-corrected chi connectivity index (χ0v) is 9.27. The number of aliphatic hydroxyl groups is 4. The molecule has 0 amide bonds. The summed E-state index contributed by atoms with van der Waals surface area (Å²) in [7, 11) is 0. The Morgan fingerprint density at radius 1 is 1.13 bits per heavy atom. The first-order valence-electron chi connectivity index (χ1n) is 3.54. The van der Waals surface area contributed by atoms with Gasteiger partial charge in [0.2, 0.25) is 3.61 Å². The van der Waals surface area contributed by atoms with Gasteiger partial charge in [-0.3, -0.25) is 0 Å². The fourth-order valence-electron chi connectivity index (χ4n) is 0.672.